The minimum Gasteiger partial charge on any atom is -0.489 e. The van der Waals surface area contributed by atoms with Crippen LogP contribution in [-0.4, -0.2) is 30.3 Å². The summed E-state index contributed by atoms with van der Waals surface area (Å²) in [6.07, 6.45) is 0.516. The van der Waals surface area contributed by atoms with Crippen molar-refractivity contribution in [2.75, 3.05) is 13.2 Å². The van der Waals surface area contributed by atoms with Crippen molar-refractivity contribution < 1.29 is 23.8 Å². The van der Waals surface area contributed by atoms with E-state index in [9.17, 15) is 9.18 Å². The van der Waals surface area contributed by atoms with Gasteiger partial charge in [0.25, 0.3) is 0 Å². The number of fused-ring (bicyclic) bond motifs is 2. The molecule has 0 radical (unpaired) electrons. The standard InChI is InChI=1S/C30H28FNO4.ClH/c1-19(25-11-6-8-20-7-2-3-9-26(20)25)32-17-24-16-28(27-10-4-5-12-29(27)36-24)21-13-22(31)15-23(14-21)35-18-30(33)34;/h2-15,19,24,28,32H,16-18H2,1H3,(H,33,34);1H/t19-,24-,28+;/m1./s1. The Labute approximate surface area is 221 Å². The van der Waals surface area contributed by atoms with E-state index in [0.717, 1.165) is 16.9 Å². The van der Waals surface area contributed by atoms with Gasteiger partial charge in [-0.2, -0.15) is 0 Å². The largest absolute Gasteiger partial charge is 0.489 e. The molecule has 0 saturated heterocycles. The van der Waals surface area contributed by atoms with Gasteiger partial charge in [-0.05, 0) is 53.4 Å². The van der Waals surface area contributed by atoms with Crippen LogP contribution in [0.1, 0.15) is 42.0 Å². The number of halogens is 2. The fourth-order valence-electron chi connectivity index (χ4n) is 4.99. The summed E-state index contributed by atoms with van der Waals surface area (Å²) >= 11 is 0. The number of carbonyl (C=O) groups is 1. The third kappa shape index (κ3) is 6.04. The predicted octanol–water partition coefficient (Wildman–Crippen LogP) is 6.50. The molecule has 0 bridgehead atoms. The first-order chi connectivity index (χ1) is 17.5. The molecule has 1 aliphatic rings. The molecule has 0 spiro atoms. The van der Waals surface area contributed by atoms with E-state index in [4.69, 9.17) is 14.6 Å². The Balaban J connectivity index is 0.00000320. The van der Waals surface area contributed by atoms with Crippen LogP contribution in [0.4, 0.5) is 4.39 Å². The van der Waals surface area contributed by atoms with Gasteiger partial charge >= 0.3 is 5.97 Å². The molecule has 192 valence electrons. The molecule has 0 aliphatic carbocycles. The number of benzene rings is 4. The van der Waals surface area contributed by atoms with Gasteiger partial charge in [0.15, 0.2) is 6.61 Å². The molecular formula is C30H29ClFNO4. The highest BCUT2D eigenvalue weighted by molar-refractivity contribution is 5.86. The Morgan fingerprint density at radius 1 is 1.08 bits per heavy atom. The maximum absolute atomic E-state index is 14.5. The predicted molar refractivity (Wildman–Crippen MR) is 144 cm³/mol. The Bertz CT molecular complexity index is 1390. The highest BCUT2D eigenvalue weighted by Crippen LogP contribution is 2.41. The van der Waals surface area contributed by atoms with E-state index in [0.29, 0.717) is 13.0 Å². The van der Waals surface area contributed by atoms with Crippen LogP contribution in [0.3, 0.4) is 0 Å². The molecule has 5 nitrogen and oxygen atoms in total. The number of aliphatic carboxylic acids is 1. The lowest BCUT2D eigenvalue weighted by molar-refractivity contribution is -0.139. The maximum atomic E-state index is 14.5. The topological polar surface area (TPSA) is 67.8 Å². The van der Waals surface area contributed by atoms with Crippen LogP contribution in [0, 0.1) is 5.82 Å². The number of para-hydroxylation sites is 1. The molecule has 2 N–H and O–H groups in total. The Hall–Kier alpha value is -3.61. The van der Waals surface area contributed by atoms with Crippen molar-refractivity contribution in [3.05, 3.63) is 107 Å². The number of nitrogens with one attached hydrogen (secondary N) is 1. The number of carboxylic acids is 1. The zero-order valence-corrected chi connectivity index (χ0v) is 21.2. The van der Waals surface area contributed by atoms with Gasteiger partial charge in [0.1, 0.15) is 23.4 Å². The first-order valence-corrected chi connectivity index (χ1v) is 12.1. The van der Waals surface area contributed by atoms with E-state index in [1.807, 2.05) is 30.3 Å². The fraction of sp³-hybridized carbons (Fsp3) is 0.233. The third-order valence-corrected chi connectivity index (χ3v) is 6.69. The molecule has 7 heteroatoms. The van der Waals surface area contributed by atoms with E-state index < -0.39 is 18.4 Å². The summed E-state index contributed by atoms with van der Waals surface area (Å²) in [7, 11) is 0. The summed E-state index contributed by atoms with van der Waals surface area (Å²) < 4.78 is 26.1. The number of rotatable bonds is 8. The molecular weight excluding hydrogens is 493 g/mol. The lowest BCUT2D eigenvalue weighted by Crippen LogP contribution is -2.37. The van der Waals surface area contributed by atoms with Crippen molar-refractivity contribution in [2.24, 2.45) is 0 Å². The van der Waals surface area contributed by atoms with Gasteiger partial charge in [0, 0.05) is 30.1 Å². The molecule has 4 aromatic rings. The van der Waals surface area contributed by atoms with Gasteiger partial charge in [-0.25, -0.2) is 9.18 Å². The first kappa shape index (κ1) is 26.5. The number of ether oxygens (including phenoxy) is 2. The Morgan fingerprint density at radius 2 is 1.84 bits per heavy atom. The number of hydrogen-bond donors (Lipinski definition) is 2. The van der Waals surface area contributed by atoms with Crippen LogP contribution in [0.5, 0.6) is 11.5 Å². The zero-order valence-electron chi connectivity index (χ0n) is 20.4. The van der Waals surface area contributed by atoms with E-state index in [1.165, 1.54) is 28.5 Å². The number of carboxylic acid groups (broad SMARTS) is 1. The monoisotopic (exact) mass is 521 g/mol. The summed E-state index contributed by atoms with van der Waals surface area (Å²) in [5.74, 6) is -0.705. The molecule has 4 aromatic carbocycles. The summed E-state index contributed by atoms with van der Waals surface area (Å²) in [5.41, 5.74) is 2.94. The van der Waals surface area contributed by atoms with E-state index in [1.54, 1.807) is 6.07 Å². The second-order valence-corrected chi connectivity index (χ2v) is 9.17. The molecule has 0 saturated carbocycles. The Morgan fingerprint density at radius 3 is 2.68 bits per heavy atom. The van der Waals surface area contributed by atoms with Crippen LogP contribution >= 0.6 is 12.4 Å². The zero-order chi connectivity index (χ0) is 25.1. The second-order valence-electron chi connectivity index (χ2n) is 9.17. The van der Waals surface area contributed by atoms with Crippen LogP contribution < -0.4 is 14.8 Å². The minimum absolute atomic E-state index is 0. The summed E-state index contributed by atoms with van der Waals surface area (Å²) in [6.45, 7) is 2.24. The highest BCUT2D eigenvalue weighted by atomic mass is 35.5. The van der Waals surface area contributed by atoms with Crippen molar-refractivity contribution in [3.63, 3.8) is 0 Å². The average Bonchev–Trinajstić information content (AvgIpc) is 2.89. The van der Waals surface area contributed by atoms with Gasteiger partial charge < -0.3 is 19.9 Å². The highest BCUT2D eigenvalue weighted by Gasteiger charge is 2.30. The Kier molecular flexibility index (Phi) is 8.31. The average molecular weight is 522 g/mol. The summed E-state index contributed by atoms with van der Waals surface area (Å²) in [5, 5.41) is 15.0. The SMILES string of the molecule is C[C@@H](NC[C@H]1C[C@@H](c2cc(F)cc(OCC(=O)O)c2)c2ccccc2O1)c1cccc2ccccc12.Cl. The normalized spacial score (nSPS) is 17.2. The van der Waals surface area contributed by atoms with Crippen LogP contribution in [-0.2, 0) is 4.79 Å². The van der Waals surface area contributed by atoms with Crippen molar-refractivity contribution in [1.29, 1.82) is 0 Å². The van der Waals surface area contributed by atoms with E-state index in [2.05, 4.69) is 48.6 Å². The van der Waals surface area contributed by atoms with Crippen LogP contribution in [0.25, 0.3) is 10.8 Å². The second kappa shape index (κ2) is 11.6. The molecule has 37 heavy (non-hydrogen) atoms. The molecule has 0 unspecified atom stereocenters. The maximum Gasteiger partial charge on any atom is 0.341 e. The summed E-state index contributed by atoms with van der Waals surface area (Å²) in [4.78, 5) is 10.9. The molecule has 5 rings (SSSR count). The van der Waals surface area contributed by atoms with Crippen molar-refractivity contribution in [2.45, 2.75) is 31.4 Å². The van der Waals surface area contributed by atoms with Gasteiger partial charge in [-0.3, -0.25) is 0 Å². The van der Waals surface area contributed by atoms with E-state index in [-0.39, 0.29) is 36.2 Å². The van der Waals surface area contributed by atoms with Crippen molar-refractivity contribution in [3.8, 4) is 11.5 Å². The lowest BCUT2D eigenvalue weighted by Gasteiger charge is -2.33. The van der Waals surface area contributed by atoms with Crippen LogP contribution in [0.15, 0.2) is 84.9 Å². The molecule has 0 amide bonds. The fourth-order valence-corrected chi connectivity index (χ4v) is 4.99. The summed E-state index contributed by atoms with van der Waals surface area (Å²) in [6, 6.07) is 27.0. The smallest absolute Gasteiger partial charge is 0.341 e. The number of hydrogen-bond acceptors (Lipinski definition) is 4. The third-order valence-electron chi connectivity index (χ3n) is 6.69. The van der Waals surface area contributed by atoms with E-state index >= 15 is 0 Å². The minimum atomic E-state index is -1.11. The molecule has 0 fully saturated rings. The lowest BCUT2D eigenvalue weighted by atomic mass is 9.84. The van der Waals surface area contributed by atoms with Crippen molar-refractivity contribution in [1.82, 2.24) is 5.32 Å². The van der Waals surface area contributed by atoms with Crippen molar-refractivity contribution >= 4 is 29.1 Å². The van der Waals surface area contributed by atoms with Gasteiger partial charge in [-0.15, -0.1) is 12.4 Å². The van der Waals surface area contributed by atoms with Crippen LogP contribution in [0.2, 0.25) is 0 Å². The first-order valence-electron chi connectivity index (χ1n) is 12.1. The molecule has 3 atom stereocenters. The van der Waals surface area contributed by atoms with Gasteiger partial charge in [-0.1, -0.05) is 60.7 Å². The molecule has 1 aliphatic heterocycles. The molecule has 1 heterocycles. The van der Waals surface area contributed by atoms with Gasteiger partial charge in [0.05, 0.1) is 0 Å². The van der Waals surface area contributed by atoms with Gasteiger partial charge in [0.2, 0.25) is 0 Å². The quantitative estimate of drug-likeness (QED) is 0.277. The molecule has 0 aromatic heterocycles.